The molecule has 0 saturated heterocycles. The Hall–Kier alpha value is -2.95. The molecule has 0 unspecified atom stereocenters. The first kappa shape index (κ1) is 17.9. The highest BCUT2D eigenvalue weighted by atomic mass is 16.2. The van der Waals surface area contributed by atoms with Gasteiger partial charge in [0, 0.05) is 31.2 Å². The zero-order valence-corrected chi connectivity index (χ0v) is 15.3. The second-order valence-corrected chi connectivity index (χ2v) is 6.87. The van der Waals surface area contributed by atoms with Gasteiger partial charge in [0.2, 0.25) is 0 Å². The number of nitrogens with zero attached hydrogens (tertiary/aromatic N) is 3. The van der Waals surface area contributed by atoms with Gasteiger partial charge in [0.15, 0.2) is 0 Å². The van der Waals surface area contributed by atoms with E-state index in [-0.39, 0.29) is 11.5 Å². The van der Waals surface area contributed by atoms with Crippen LogP contribution in [0.5, 0.6) is 0 Å². The Labute approximate surface area is 152 Å². The number of carbonyl (C=O) groups excluding carboxylic acids is 1. The monoisotopic (exact) mass is 349 g/mol. The van der Waals surface area contributed by atoms with Crippen LogP contribution >= 0.6 is 0 Å². The van der Waals surface area contributed by atoms with Gasteiger partial charge >= 0.3 is 0 Å². The molecule has 2 heterocycles. The van der Waals surface area contributed by atoms with Crippen molar-refractivity contribution >= 4 is 16.8 Å². The summed E-state index contributed by atoms with van der Waals surface area (Å²) < 4.78 is 1.57. The first-order valence-electron chi connectivity index (χ1n) is 8.75. The Morgan fingerprint density at radius 1 is 1.15 bits per heavy atom. The van der Waals surface area contributed by atoms with Gasteiger partial charge in [-0.15, -0.1) is 0 Å². The van der Waals surface area contributed by atoms with Crippen LogP contribution in [-0.2, 0) is 13.6 Å². The summed E-state index contributed by atoms with van der Waals surface area (Å²) in [6, 6.07) is 14.6. The van der Waals surface area contributed by atoms with Crippen LogP contribution in [0.3, 0.4) is 0 Å². The van der Waals surface area contributed by atoms with Gasteiger partial charge in [-0.05, 0) is 24.1 Å². The quantitative estimate of drug-likeness (QED) is 0.711. The van der Waals surface area contributed by atoms with E-state index in [1.54, 1.807) is 22.7 Å². The second-order valence-electron chi connectivity index (χ2n) is 6.87. The summed E-state index contributed by atoms with van der Waals surface area (Å²) in [6.07, 6.45) is 1.72. The smallest absolute Gasteiger partial charge is 0.255 e. The van der Waals surface area contributed by atoms with Crippen molar-refractivity contribution in [3.05, 3.63) is 76.3 Å². The Bertz CT molecular complexity index is 977. The van der Waals surface area contributed by atoms with E-state index in [0.717, 1.165) is 16.6 Å². The standard InChI is InChI=1S/C21H23N3O2/c1-15(2)13-24(14-16-8-6-7-11-22-16)21(26)18-12-20(25)23(3)19-10-5-4-9-17(18)19/h4-12,15H,13-14H2,1-3H3. The van der Waals surface area contributed by atoms with Gasteiger partial charge in [-0.2, -0.15) is 0 Å². The van der Waals surface area contributed by atoms with E-state index in [0.29, 0.717) is 24.6 Å². The molecule has 0 aliphatic carbocycles. The zero-order chi connectivity index (χ0) is 18.7. The molecule has 5 nitrogen and oxygen atoms in total. The van der Waals surface area contributed by atoms with Gasteiger partial charge in [-0.3, -0.25) is 14.6 Å². The van der Waals surface area contributed by atoms with Crippen molar-refractivity contribution in [1.82, 2.24) is 14.5 Å². The molecule has 5 heteroatoms. The summed E-state index contributed by atoms with van der Waals surface area (Å²) in [7, 11) is 1.72. The molecule has 1 amide bonds. The Morgan fingerprint density at radius 2 is 1.88 bits per heavy atom. The Balaban J connectivity index is 2.05. The fourth-order valence-corrected chi connectivity index (χ4v) is 3.11. The minimum Gasteiger partial charge on any atom is -0.332 e. The number of fused-ring (bicyclic) bond motifs is 1. The first-order chi connectivity index (χ1) is 12.5. The van der Waals surface area contributed by atoms with E-state index in [4.69, 9.17) is 0 Å². The van der Waals surface area contributed by atoms with E-state index in [1.165, 1.54) is 6.07 Å². The van der Waals surface area contributed by atoms with Crippen molar-refractivity contribution in [1.29, 1.82) is 0 Å². The number of para-hydroxylation sites is 1. The molecule has 3 rings (SSSR count). The number of hydrogen-bond donors (Lipinski definition) is 0. The average molecular weight is 349 g/mol. The summed E-state index contributed by atoms with van der Waals surface area (Å²) in [5.41, 5.74) is 1.84. The van der Waals surface area contributed by atoms with Crippen LogP contribution in [0.15, 0.2) is 59.5 Å². The SMILES string of the molecule is CC(C)CN(Cc1ccccn1)C(=O)c1cc(=O)n(C)c2ccccc12. The van der Waals surface area contributed by atoms with Crippen LogP contribution in [0, 0.1) is 5.92 Å². The van der Waals surface area contributed by atoms with E-state index in [9.17, 15) is 9.59 Å². The molecule has 0 aliphatic rings. The van der Waals surface area contributed by atoms with E-state index in [2.05, 4.69) is 18.8 Å². The van der Waals surface area contributed by atoms with E-state index < -0.39 is 0 Å². The minimum absolute atomic E-state index is 0.141. The molecule has 0 fully saturated rings. The number of pyridine rings is 2. The molecule has 0 bridgehead atoms. The van der Waals surface area contributed by atoms with Crippen LogP contribution in [-0.4, -0.2) is 26.9 Å². The highest BCUT2D eigenvalue weighted by Crippen LogP contribution is 2.19. The summed E-state index contributed by atoms with van der Waals surface area (Å²) in [6.45, 7) is 5.15. The lowest BCUT2D eigenvalue weighted by atomic mass is 10.1. The van der Waals surface area contributed by atoms with Gasteiger partial charge in [-0.25, -0.2) is 0 Å². The highest BCUT2D eigenvalue weighted by molar-refractivity contribution is 6.06. The first-order valence-corrected chi connectivity index (χ1v) is 8.75. The molecular weight excluding hydrogens is 326 g/mol. The molecule has 0 spiro atoms. The molecule has 0 N–H and O–H groups in total. The molecule has 26 heavy (non-hydrogen) atoms. The van der Waals surface area contributed by atoms with Crippen molar-refractivity contribution in [3.8, 4) is 0 Å². The Kier molecular flexibility index (Phi) is 5.16. The van der Waals surface area contributed by atoms with Crippen LogP contribution in [0.1, 0.15) is 29.9 Å². The second kappa shape index (κ2) is 7.52. The fraction of sp³-hybridized carbons (Fsp3) is 0.286. The minimum atomic E-state index is -0.186. The fourth-order valence-electron chi connectivity index (χ4n) is 3.11. The number of aromatic nitrogens is 2. The number of amides is 1. The molecule has 1 aromatic carbocycles. The van der Waals surface area contributed by atoms with Gasteiger partial charge in [0.25, 0.3) is 11.5 Å². The van der Waals surface area contributed by atoms with E-state index in [1.807, 2.05) is 42.5 Å². The van der Waals surface area contributed by atoms with Crippen molar-refractivity contribution < 1.29 is 4.79 Å². The third-order valence-electron chi connectivity index (χ3n) is 4.34. The predicted molar refractivity (Wildman–Crippen MR) is 103 cm³/mol. The van der Waals surface area contributed by atoms with Crippen LogP contribution in [0.25, 0.3) is 10.9 Å². The molecule has 0 radical (unpaired) electrons. The van der Waals surface area contributed by atoms with Crippen molar-refractivity contribution in [2.75, 3.05) is 6.54 Å². The maximum Gasteiger partial charge on any atom is 0.255 e. The maximum atomic E-state index is 13.3. The molecule has 0 atom stereocenters. The summed E-state index contributed by atoms with van der Waals surface area (Å²) in [5.74, 6) is 0.165. The average Bonchev–Trinajstić information content (AvgIpc) is 2.64. The lowest BCUT2D eigenvalue weighted by molar-refractivity contribution is 0.0722. The third kappa shape index (κ3) is 3.67. The lowest BCUT2D eigenvalue weighted by Gasteiger charge is -2.25. The van der Waals surface area contributed by atoms with Gasteiger partial charge in [0.05, 0.1) is 23.3 Å². The lowest BCUT2D eigenvalue weighted by Crippen LogP contribution is -2.35. The molecular formula is C21H23N3O2. The third-order valence-corrected chi connectivity index (χ3v) is 4.34. The van der Waals surface area contributed by atoms with E-state index >= 15 is 0 Å². The summed E-state index contributed by atoms with van der Waals surface area (Å²) in [5, 5.41) is 0.786. The van der Waals surface area contributed by atoms with Crippen LogP contribution < -0.4 is 5.56 Å². The van der Waals surface area contributed by atoms with Gasteiger partial charge < -0.3 is 9.47 Å². The summed E-state index contributed by atoms with van der Waals surface area (Å²) in [4.78, 5) is 31.8. The van der Waals surface area contributed by atoms with Crippen molar-refractivity contribution in [2.45, 2.75) is 20.4 Å². The molecule has 2 aromatic heterocycles. The number of aryl methyl sites for hydroxylation is 1. The topological polar surface area (TPSA) is 55.2 Å². The number of hydrogen-bond acceptors (Lipinski definition) is 3. The normalized spacial score (nSPS) is 11.1. The molecule has 0 aliphatic heterocycles. The largest absolute Gasteiger partial charge is 0.332 e. The molecule has 134 valence electrons. The van der Waals surface area contributed by atoms with Gasteiger partial charge in [0.1, 0.15) is 0 Å². The van der Waals surface area contributed by atoms with Crippen LogP contribution in [0.2, 0.25) is 0 Å². The number of benzene rings is 1. The zero-order valence-electron chi connectivity index (χ0n) is 15.3. The number of rotatable bonds is 5. The maximum absolute atomic E-state index is 13.3. The number of carbonyl (C=O) groups is 1. The summed E-state index contributed by atoms with van der Waals surface area (Å²) >= 11 is 0. The van der Waals surface area contributed by atoms with Crippen molar-refractivity contribution in [3.63, 3.8) is 0 Å². The Morgan fingerprint density at radius 3 is 2.58 bits per heavy atom. The van der Waals surface area contributed by atoms with Crippen molar-refractivity contribution in [2.24, 2.45) is 13.0 Å². The highest BCUT2D eigenvalue weighted by Gasteiger charge is 2.21. The van der Waals surface area contributed by atoms with Gasteiger partial charge in [-0.1, -0.05) is 38.1 Å². The van der Waals surface area contributed by atoms with Crippen LogP contribution in [0.4, 0.5) is 0 Å². The molecule has 3 aromatic rings. The molecule has 0 saturated carbocycles. The predicted octanol–water partition coefficient (Wildman–Crippen LogP) is 3.23.